The molecule has 4 heteroatoms. The predicted octanol–water partition coefficient (Wildman–Crippen LogP) is 2.43. The molecule has 0 amide bonds. The Labute approximate surface area is 113 Å². The van der Waals surface area contributed by atoms with E-state index in [9.17, 15) is 4.79 Å². The van der Waals surface area contributed by atoms with Crippen LogP contribution in [0.3, 0.4) is 0 Å². The zero-order chi connectivity index (χ0) is 13.8. The summed E-state index contributed by atoms with van der Waals surface area (Å²) < 4.78 is 5.62. The lowest BCUT2D eigenvalue weighted by Crippen LogP contribution is -2.38. The highest BCUT2D eigenvalue weighted by Gasteiger charge is 2.35. The first kappa shape index (κ1) is 13.9. The highest BCUT2D eigenvalue weighted by atomic mass is 16.5. The van der Waals surface area contributed by atoms with Crippen molar-refractivity contribution in [3.8, 4) is 5.75 Å². The fourth-order valence-corrected chi connectivity index (χ4v) is 2.11. The molecule has 1 aliphatic rings. The van der Waals surface area contributed by atoms with Crippen LogP contribution in [-0.4, -0.2) is 23.2 Å². The van der Waals surface area contributed by atoms with Crippen LogP contribution in [0.15, 0.2) is 24.3 Å². The van der Waals surface area contributed by atoms with Gasteiger partial charge in [-0.3, -0.25) is 4.79 Å². The third-order valence-electron chi connectivity index (χ3n) is 3.16. The number of carbonyl (C=O) groups is 1. The maximum Gasteiger partial charge on any atom is 0.320 e. The zero-order valence-electron chi connectivity index (χ0n) is 11.4. The van der Waals surface area contributed by atoms with Gasteiger partial charge in [-0.05, 0) is 50.3 Å². The highest BCUT2D eigenvalue weighted by molar-refractivity contribution is 5.74. The van der Waals surface area contributed by atoms with E-state index >= 15 is 0 Å². The lowest BCUT2D eigenvalue weighted by molar-refractivity contribution is -0.140. The number of hydrogen-bond acceptors (Lipinski definition) is 3. The van der Waals surface area contributed by atoms with E-state index in [0.717, 1.165) is 24.2 Å². The van der Waals surface area contributed by atoms with E-state index in [1.54, 1.807) is 0 Å². The monoisotopic (exact) mass is 263 g/mol. The third kappa shape index (κ3) is 4.24. The number of carboxylic acids is 1. The van der Waals surface area contributed by atoms with Crippen LogP contribution in [0.5, 0.6) is 5.75 Å². The van der Waals surface area contributed by atoms with Gasteiger partial charge in [-0.25, -0.2) is 0 Å². The Morgan fingerprint density at radius 2 is 2.21 bits per heavy atom. The van der Waals surface area contributed by atoms with Crippen LogP contribution in [-0.2, 0) is 11.3 Å². The van der Waals surface area contributed by atoms with Crippen LogP contribution >= 0.6 is 0 Å². The summed E-state index contributed by atoms with van der Waals surface area (Å²) in [5, 5.41) is 12.3. The molecule has 0 radical (unpaired) electrons. The number of hydrogen-bond donors (Lipinski definition) is 2. The quantitative estimate of drug-likeness (QED) is 0.793. The molecule has 104 valence electrons. The van der Waals surface area contributed by atoms with Crippen LogP contribution in [0.25, 0.3) is 0 Å². The van der Waals surface area contributed by atoms with Crippen LogP contribution in [0.4, 0.5) is 0 Å². The molecule has 1 aromatic carbocycles. The minimum Gasteiger partial charge on any atom is -0.491 e. The van der Waals surface area contributed by atoms with E-state index < -0.39 is 12.0 Å². The normalized spacial score (nSPS) is 16.4. The molecular formula is C15H21NO3. The minimum atomic E-state index is -0.753. The number of carboxylic acid groups (broad SMARTS) is 1. The first-order chi connectivity index (χ1) is 9.06. The van der Waals surface area contributed by atoms with Crippen molar-refractivity contribution >= 4 is 5.97 Å². The molecule has 0 bridgehead atoms. The Morgan fingerprint density at radius 1 is 1.47 bits per heavy atom. The summed E-state index contributed by atoms with van der Waals surface area (Å²) in [4.78, 5) is 11.1. The molecule has 4 nitrogen and oxygen atoms in total. The molecule has 1 aromatic rings. The van der Waals surface area contributed by atoms with Crippen molar-refractivity contribution in [2.24, 2.45) is 5.92 Å². The molecule has 1 saturated carbocycles. The second kappa shape index (κ2) is 6.06. The first-order valence-corrected chi connectivity index (χ1v) is 6.78. The van der Waals surface area contributed by atoms with Gasteiger partial charge in [0.15, 0.2) is 0 Å². The van der Waals surface area contributed by atoms with Gasteiger partial charge in [-0.1, -0.05) is 12.1 Å². The summed E-state index contributed by atoms with van der Waals surface area (Å²) in [5.41, 5.74) is 1.05. The molecule has 19 heavy (non-hydrogen) atoms. The Morgan fingerprint density at radius 3 is 2.79 bits per heavy atom. The predicted molar refractivity (Wildman–Crippen MR) is 73.2 cm³/mol. The average molecular weight is 263 g/mol. The van der Waals surface area contributed by atoms with Crippen molar-refractivity contribution < 1.29 is 14.6 Å². The van der Waals surface area contributed by atoms with E-state index in [0.29, 0.717) is 12.5 Å². The van der Waals surface area contributed by atoms with E-state index in [4.69, 9.17) is 9.84 Å². The van der Waals surface area contributed by atoms with Crippen LogP contribution in [0.2, 0.25) is 0 Å². The number of nitrogens with one attached hydrogen (secondary N) is 1. The second-order valence-electron chi connectivity index (χ2n) is 5.35. The Hall–Kier alpha value is -1.55. The SMILES string of the molecule is CC(C)Oc1cccc(CNC(C(=O)O)C2CC2)c1. The van der Waals surface area contributed by atoms with Crippen LogP contribution in [0, 0.1) is 5.92 Å². The maximum atomic E-state index is 11.1. The molecule has 0 aromatic heterocycles. The Bertz CT molecular complexity index is 441. The van der Waals surface area contributed by atoms with Gasteiger partial charge >= 0.3 is 5.97 Å². The number of benzene rings is 1. The maximum absolute atomic E-state index is 11.1. The Balaban J connectivity index is 1.93. The van der Waals surface area contributed by atoms with Gasteiger partial charge in [0.2, 0.25) is 0 Å². The van der Waals surface area contributed by atoms with Gasteiger partial charge < -0.3 is 15.2 Å². The summed E-state index contributed by atoms with van der Waals surface area (Å²) in [6, 6.07) is 7.36. The van der Waals surface area contributed by atoms with Gasteiger partial charge in [0.1, 0.15) is 11.8 Å². The smallest absolute Gasteiger partial charge is 0.320 e. The van der Waals surface area contributed by atoms with E-state index in [1.807, 2.05) is 38.1 Å². The van der Waals surface area contributed by atoms with Crippen molar-refractivity contribution in [1.82, 2.24) is 5.32 Å². The van der Waals surface area contributed by atoms with Gasteiger partial charge in [0.25, 0.3) is 0 Å². The summed E-state index contributed by atoms with van der Waals surface area (Å²) in [6.07, 6.45) is 2.17. The van der Waals surface area contributed by atoms with Crippen molar-refractivity contribution in [3.63, 3.8) is 0 Å². The summed E-state index contributed by atoms with van der Waals surface area (Å²) in [6.45, 7) is 4.53. The molecule has 1 unspecified atom stereocenters. The summed E-state index contributed by atoms with van der Waals surface area (Å²) >= 11 is 0. The van der Waals surface area contributed by atoms with E-state index in [-0.39, 0.29) is 6.10 Å². The molecule has 1 fully saturated rings. The standard InChI is InChI=1S/C15H21NO3/c1-10(2)19-13-5-3-4-11(8-13)9-16-14(15(17)18)12-6-7-12/h3-5,8,10,12,14,16H,6-7,9H2,1-2H3,(H,17,18). The van der Waals surface area contributed by atoms with Gasteiger partial charge in [0.05, 0.1) is 6.10 Å². The Kier molecular flexibility index (Phi) is 4.43. The van der Waals surface area contributed by atoms with Crippen LogP contribution < -0.4 is 10.1 Å². The number of ether oxygens (including phenoxy) is 1. The molecule has 2 N–H and O–H groups in total. The lowest BCUT2D eigenvalue weighted by atomic mass is 10.1. The molecular weight excluding hydrogens is 242 g/mol. The highest BCUT2D eigenvalue weighted by Crippen LogP contribution is 2.32. The van der Waals surface area contributed by atoms with Crippen LogP contribution in [0.1, 0.15) is 32.3 Å². The van der Waals surface area contributed by atoms with Gasteiger partial charge in [-0.2, -0.15) is 0 Å². The molecule has 0 heterocycles. The third-order valence-corrected chi connectivity index (χ3v) is 3.16. The van der Waals surface area contributed by atoms with Crippen molar-refractivity contribution in [2.75, 3.05) is 0 Å². The minimum absolute atomic E-state index is 0.140. The van der Waals surface area contributed by atoms with Gasteiger partial charge in [0, 0.05) is 6.54 Å². The lowest BCUT2D eigenvalue weighted by Gasteiger charge is -2.15. The van der Waals surface area contributed by atoms with Crippen molar-refractivity contribution in [3.05, 3.63) is 29.8 Å². The van der Waals surface area contributed by atoms with E-state index in [1.165, 1.54) is 0 Å². The molecule has 0 saturated heterocycles. The summed E-state index contributed by atoms with van der Waals surface area (Å²) in [7, 11) is 0. The molecule has 0 spiro atoms. The second-order valence-corrected chi connectivity index (χ2v) is 5.35. The average Bonchev–Trinajstić information content (AvgIpc) is 3.13. The first-order valence-electron chi connectivity index (χ1n) is 6.78. The molecule has 0 aliphatic heterocycles. The zero-order valence-corrected chi connectivity index (χ0v) is 11.4. The molecule has 1 atom stereocenters. The molecule has 1 aliphatic carbocycles. The van der Waals surface area contributed by atoms with E-state index in [2.05, 4.69) is 5.32 Å². The largest absolute Gasteiger partial charge is 0.491 e. The number of aliphatic carboxylic acids is 1. The van der Waals surface area contributed by atoms with Gasteiger partial charge in [-0.15, -0.1) is 0 Å². The fourth-order valence-electron chi connectivity index (χ4n) is 2.11. The summed E-state index contributed by atoms with van der Waals surface area (Å²) in [5.74, 6) is 0.372. The number of rotatable bonds is 7. The van der Waals surface area contributed by atoms with Crippen molar-refractivity contribution in [2.45, 2.75) is 45.4 Å². The topological polar surface area (TPSA) is 58.6 Å². The van der Waals surface area contributed by atoms with Crippen molar-refractivity contribution in [1.29, 1.82) is 0 Å². The molecule has 2 rings (SSSR count). The fraction of sp³-hybridized carbons (Fsp3) is 0.533.